The van der Waals surface area contributed by atoms with E-state index in [2.05, 4.69) is 31.2 Å². The van der Waals surface area contributed by atoms with Gasteiger partial charge in [0.1, 0.15) is 0 Å². The van der Waals surface area contributed by atoms with Crippen molar-refractivity contribution in [1.82, 2.24) is 9.97 Å². The van der Waals surface area contributed by atoms with E-state index >= 15 is 0 Å². The number of H-pyrrole nitrogens is 2. The molecule has 0 saturated carbocycles. The number of rotatable bonds is 3. The van der Waals surface area contributed by atoms with E-state index in [0.717, 1.165) is 0 Å². The zero-order valence-corrected chi connectivity index (χ0v) is 12.6. The number of nitrogens with one attached hydrogen (secondary N) is 3. The second-order valence-corrected chi connectivity index (χ2v) is 5.79. The molecule has 1 atom stereocenters. The van der Waals surface area contributed by atoms with E-state index in [9.17, 15) is 14.4 Å². The van der Waals surface area contributed by atoms with E-state index in [-0.39, 0.29) is 16.7 Å². The maximum absolute atomic E-state index is 11.9. The summed E-state index contributed by atoms with van der Waals surface area (Å²) in [5.74, 6) is -0.00209. The molecule has 0 saturated heterocycles. The minimum absolute atomic E-state index is 0.159. The highest BCUT2D eigenvalue weighted by Crippen LogP contribution is 2.17. The molecule has 0 fully saturated rings. The molecule has 20 heavy (non-hydrogen) atoms. The molecule has 0 spiro atoms. The SMILES string of the molecule is CC(C)C(Br)C(=O)Nc1ccc2[nH]c(=O)c(=O)[nH]c2c1. The van der Waals surface area contributed by atoms with Crippen LogP contribution in [0.3, 0.4) is 0 Å². The number of hydrogen-bond acceptors (Lipinski definition) is 3. The van der Waals surface area contributed by atoms with Gasteiger partial charge in [0.15, 0.2) is 0 Å². The van der Waals surface area contributed by atoms with Gasteiger partial charge in [-0.25, -0.2) is 0 Å². The van der Waals surface area contributed by atoms with Crippen LogP contribution >= 0.6 is 15.9 Å². The van der Waals surface area contributed by atoms with Crippen molar-refractivity contribution in [3.05, 3.63) is 38.9 Å². The lowest BCUT2D eigenvalue weighted by Gasteiger charge is -2.14. The largest absolute Gasteiger partial charge is 0.325 e. The van der Waals surface area contributed by atoms with Gasteiger partial charge in [-0.2, -0.15) is 0 Å². The van der Waals surface area contributed by atoms with E-state index in [4.69, 9.17) is 0 Å². The number of carbonyl (C=O) groups excluding carboxylic acids is 1. The van der Waals surface area contributed by atoms with Gasteiger partial charge < -0.3 is 15.3 Å². The molecule has 0 radical (unpaired) electrons. The number of carbonyl (C=O) groups is 1. The van der Waals surface area contributed by atoms with Gasteiger partial charge in [0.2, 0.25) is 5.91 Å². The fourth-order valence-electron chi connectivity index (χ4n) is 1.71. The van der Waals surface area contributed by atoms with Crippen LogP contribution in [-0.4, -0.2) is 20.7 Å². The summed E-state index contributed by atoms with van der Waals surface area (Å²) in [6.45, 7) is 3.86. The van der Waals surface area contributed by atoms with E-state index in [1.54, 1.807) is 18.2 Å². The first kappa shape index (κ1) is 14.5. The first-order valence-corrected chi connectivity index (χ1v) is 7.01. The lowest BCUT2D eigenvalue weighted by Crippen LogP contribution is -2.29. The van der Waals surface area contributed by atoms with Crippen molar-refractivity contribution in [2.45, 2.75) is 18.7 Å². The van der Waals surface area contributed by atoms with Crippen LogP contribution in [0.15, 0.2) is 27.8 Å². The zero-order valence-electron chi connectivity index (χ0n) is 11.0. The summed E-state index contributed by atoms with van der Waals surface area (Å²) in [4.78, 5) is 39.0. The number of aromatic amines is 2. The van der Waals surface area contributed by atoms with Crippen molar-refractivity contribution >= 4 is 38.6 Å². The Hall–Kier alpha value is -1.89. The maximum atomic E-state index is 11.9. The third kappa shape index (κ3) is 2.98. The number of benzene rings is 1. The maximum Gasteiger partial charge on any atom is 0.314 e. The molecule has 2 aromatic rings. The second-order valence-electron chi connectivity index (χ2n) is 4.80. The average molecular weight is 340 g/mol. The van der Waals surface area contributed by atoms with Gasteiger partial charge in [-0.1, -0.05) is 29.8 Å². The second kappa shape index (κ2) is 5.62. The minimum Gasteiger partial charge on any atom is -0.325 e. The molecule has 1 heterocycles. The summed E-state index contributed by atoms with van der Waals surface area (Å²) >= 11 is 3.32. The van der Waals surface area contributed by atoms with E-state index in [1.165, 1.54) is 0 Å². The van der Waals surface area contributed by atoms with Crippen molar-refractivity contribution in [3.63, 3.8) is 0 Å². The quantitative estimate of drug-likeness (QED) is 0.585. The molecule has 2 rings (SSSR count). The van der Waals surface area contributed by atoms with Crippen molar-refractivity contribution < 1.29 is 4.79 Å². The minimum atomic E-state index is -0.721. The predicted octanol–water partition coefficient (Wildman–Crippen LogP) is 1.57. The molecule has 1 amide bonds. The molecule has 7 heteroatoms. The number of alkyl halides is 1. The molecule has 6 nitrogen and oxygen atoms in total. The average Bonchev–Trinajstić information content (AvgIpc) is 2.39. The number of halogens is 1. The van der Waals surface area contributed by atoms with Crippen LogP contribution in [0.4, 0.5) is 5.69 Å². The van der Waals surface area contributed by atoms with Crippen LogP contribution in [0.1, 0.15) is 13.8 Å². The lowest BCUT2D eigenvalue weighted by molar-refractivity contribution is -0.116. The topological polar surface area (TPSA) is 94.8 Å². The van der Waals surface area contributed by atoms with Crippen LogP contribution < -0.4 is 16.4 Å². The molecule has 1 aromatic heterocycles. The third-order valence-corrected chi connectivity index (χ3v) is 4.30. The van der Waals surface area contributed by atoms with Crippen LogP contribution in [0.25, 0.3) is 11.0 Å². The van der Waals surface area contributed by atoms with Crippen molar-refractivity contribution in [3.8, 4) is 0 Å². The Balaban J connectivity index is 2.33. The van der Waals surface area contributed by atoms with Crippen molar-refractivity contribution in [2.24, 2.45) is 5.92 Å². The number of anilines is 1. The van der Waals surface area contributed by atoms with Crippen LogP contribution in [-0.2, 0) is 4.79 Å². The summed E-state index contributed by atoms with van der Waals surface area (Å²) in [6, 6.07) is 4.89. The highest BCUT2D eigenvalue weighted by molar-refractivity contribution is 9.10. The molecule has 3 N–H and O–H groups in total. The Bertz CT molecular complexity index is 763. The molecule has 1 unspecified atom stereocenters. The number of aromatic nitrogens is 2. The molecule has 0 aliphatic heterocycles. The summed E-state index contributed by atoms with van der Waals surface area (Å²) in [6.07, 6.45) is 0. The van der Waals surface area contributed by atoms with Crippen molar-refractivity contribution in [1.29, 1.82) is 0 Å². The monoisotopic (exact) mass is 339 g/mol. The standard InChI is InChI=1S/C13H14BrN3O3/c1-6(2)10(14)11(18)15-7-3-4-8-9(5-7)17-13(20)12(19)16-8/h3-6,10H,1-2H3,(H,15,18)(H,16,19)(H,17,20). The Kier molecular flexibility index (Phi) is 4.08. The van der Waals surface area contributed by atoms with E-state index in [0.29, 0.717) is 16.7 Å². The Morgan fingerprint density at radius 3 is 2.35 bits per heavy atom. The summed E-state index contributed by atoms with van der Waals surface area (Å²) in [7, 11) is 0. The van der Waals surface area contributed by atoms with Gasteiger partial charge in [0, 0.05) is 5.69 Å². The number of fused-ring (bicyclic) bond motifs is 1. The molecular formula is C13H14BrN3O3. The highest BCUT2D eigenvalue weighted by atomic mass is 79.9. The zero-order chi connectivity index (χ0) is 14.9. The molecular weight excluding hydrogens is 326 g/mol. The summed E-state index contributed by atoms with van der Waals surface area (Å²) < 4.78 is 0. The van der Waals surface area contributed by atoms with Gasteiger partial charge >= 0.3 is 11.1 Å². The van der Waals surface area contributed by atoms with Crippen LogP contribution in [0.5, 0.6) is 0 Å². The van der Waals surface area contributed by atoms with Crippen LogP contribution in [0.2, 0.25) is 0 Å². The Morgan fingerprint density at radius 2 is 1.75 bits per heavy atom. The first-order valence-electron chi connectivity index (χ1n) is 6.10. The highest BCUT2D eigenvalue weighted by Gasteiger charge is 2.18. The normalized spacial score (nSPS) is 12.6. The van der Waals surface area contributed by atoms with Gasteiger partial charge in [-0.15, -0.1) is 0 Å². The summed E-state index contributed by atoms with van der Waals surface area (Å²) in [5.41, 5.74) is 0.0985. The van der Waals surface area contributed by atoms with E-state index in [1.807, 2.05) is 13.8 Å². The number of hydrogen-bond donors (Lipinski definition) is 3. The Morgan fingerprint density at radius 1 is 1.15 bits per heavy atom. The fraction of sp³-hybridized carbons (Fsp3) is 0.308. The first-order chi connectivity index (χ1) is 9.38. The predicted molar refractivity (Wildman–Crippen MR) is 81.4 cm³/mol. The van der Waals surface area contributed by atoms with Gasteiger partial charge in [-0.05, 0) is 24.1 Å². The van der Waals surface area contributed by atoms with Gasteiger partial charge in [0.05, 0.1) is 15.9 Å². The fourth-order valence-corrected chi connectivity index (χ4v) is 1.82. The van der Waals surface area contributed by atoms with E-state index < -0.39 is 11.1 Å². The molecule has 1 aromatic carbocycles. The van der Waals surface area contributed by atoms with Gasteiger partial charge in [0.25, 0.3) is 0 Å². The molecule has 106 valence electrons. The van der Waals surface area contributed by atoms with Crippen molar-refractivity contribution in [2.75, 3.05) is 5.32 Å². The third-order valence-electron chi connectivity index (χ3n) is 2.83. The Labute approximate surface area is 122 Å². The van der Waals surface area contributed by atoms with Crippen LogP contribution in [0, 0.1) is 5.92 Å². The molecule has 0 aliphatic carbocycles. The number of amides is 1. The smallest absolute Gasteiger partial charge is 0.314 e. The summed E-state index contributed by atoms with van der Waals surface area (Å²) in [5, 5.41) is 2.75. The molecule has 0 aliphatic rings. The lowest BCUT2D eigenvalue weighted by atomic mass is 10.1. The van der Waals surface area contributed by atoms with Gasteiger partial charge in [-0.3, -0.25) is 14.4 Å². The molecule has 0 bridgehead atoms.